The monoisotopic (exact) mass is 309 g/mol. The SMILES string of the molecule is CC(C)c1ccc2[nH]c3c(c2c1)CN(CCc1cnn[nH]1)CC3. The topological polar surface area (TPSA) is 60.6 Å². The first-order valence-corrected chi connectivity index (χ1v) is 8.41. The van der Waals surface area contributed by atoms with E-state index in [0.717, 1.165) is 38.2 Å². The molecule has 0 radical (unpaired) electrons. The number of hydrogen-bond donors (Lipinski definition) is 2. The second kappa shape index (κ2) is 5.81. The Morgan fingerprint density at radius 1 is 1.30 bits per heavy atom. The number of fused-ring (bicyclic) bond motifs is 3. The Labute approximate surface area is 136 Å². The number of nitrogens with zero attached hydrogens (tertiary/aromatic N) is 3. The summed E-state index contributed by atoms with van der Waals surface area (Å²) in [6.45, 7) is 7.69. The van der Waals surface area contributed by atoms with Crippen LogP contribution in [0.3, 0.4) is 0 Å². The highest BCUT2D eigenvalue weighted by Gasteiger charge is 2.21. The lowest BCUT2D eigenvalue weighted by Gasteiger charge is -2.26. The molecule has 3 aromatic rings. The van der Waals surface area contributed by atoms with Crippen molar-refractivity contribution in [3.63, 3.8) is 0 Å². The minimum absolute atomic E-state index is 0.567. The fourth-order valence-corrected chi connectivity index (χ4v) is 3.46. The van der Waals surface area contributed by atoms with Crippen LogP contribution < -0.4 is 0 Å². The van der Waals surface area contributed by atoms with Crippen molar-refractivity contribution in [1.82, 2.24) is 25.3 Å². The largest absolute Gasteiger partial charge is 0.358 e. The van der Waals surface area contributed by atoms with Gasteiger partial charge in [0.25, 0.3) is 0 Å². The maximum absolute atomic E-state index is 3.85. The third-order valence-electron chi connectivity index (χ3n) is 4.91. The van der Waals surface area contributed by atoms with E-state index >= 15 is 0 Å². The first-order valence-electron chi connectivity index (χ1n) is 8.41. The van der Waals surface area contributed by atoms with E-state index in [2.05, 4.69) is 57.3 Å². The van der Waals surface area contributed by atoms with E-state index in [1.165, 1.54) is 27.7 Å². The molecule has 0 spiro atoms. The third kappa shape index (κ3) is 2.77. The maximum Gasteiger partial charge on any atom is 0.0722 e. The summed E-state index contributed by atoms with van der Waals surface area (Å²) in [7, 11) is 0. The van der Waals surface area contributed by atoms with E-state index in [9.17, 15) is 0 Å². The molecule has 0 amide bonds. The van der Waals surface area contributed by atoms with Gasteiger partial charge in [-0.25, -0.2) is 0 Å². The molecule has 2 N–H and O–H groups in total. The highest BCUT2D eigenvalue weighted by Crippen LogP contribution is 2.30. The number of H-pyrrole nitrogens is 2. The Hall–Kier alpha value is -2.14. The van der Waals surface area contributed by atoms with Crippen LogP contribution in [0.5, 0.6) is 0 Å². The Bertz CT molecular complexity index is 800. The number of rotatable bonds is 4. The third-order valence-corrected chi connectivity index (χ3v) is 4.91. The van der Waals surface area contributed by atoms with Crippen molar-refractivity contribution in [2.75, 3.05) is 13.1 Å². The first kappa shape index (κ1) is 14.5. The van der Waals surface area contributed by atoms with E-state index in [1.807, 2.05) is 6.20 Å². The summed E-state index contributed by atoms with van der Waals surface area (Å²) < 4.78 is 0. The highest BCUT2D eigenvalue weighted by molar-refractivity contribution is 5.85. The normalized spacial score (nSPS) is 15.4. The van der Waals surface area contributed by atoms with Gasteiger partial charge in [0.15, 0.2) is 0 Å². The van der Waals surface area contributed by atoms with Gasteiger partial charge in [-0.1, -0.05) is 25.1 Å². The predicted molar refractivity (Wildman–Crippen MR) is 91.5 cm³/mol. The van der Waals surface area contributed by atoms with Gasteiger partial charge in [0, 0.05) is 49.1 Å². The van der Waals surface area contributed by atoms with Crippen LogP contribution >= 0.6 is 0 Å². The molecule has 1 aliphatic heterocycles. The van der Waals surface area contributed by atoms with Gasteiger partial charge in [0.1, 0.15) is 0 Å². The zero-order chi connectivity index (χ0) is 15.8. The second-order valence-electron chi connectivity index (χ2n) is 6.80. The molecular formula is C18H23N5. The molecule has 0 bridgehead atoms. The molecular weight excluding hydrogens is 286 g/mol. The Morgan fingerprint density at radius 2 is 2.22 bits per heavy atom. The van der Waals surface area contributed by atoms with Gasteiger partial charge in [0.2, 0.25) is 0 Å². The van der Waals surface area contributed by atoms with Crippen LogP contribution in [0.2, 0.25) is 0 Å². The average molecular weight is 309 g/mol. The van der Waals surface area contributed by atoms with Crippen molar-refractivity contribution < 1.29 is 0 Å². The van der Waals surface area contributed by atoms with Crippen LogP contribution in [-0.4, -0.2) is 38.4 Å². The van der Waals surface area contributed by atoms with Gasteiger partial charge in [-0.3, -0.25) is 10.00 Å². The van der Waals surface area contributed by atoms with Gasteiger partial charge in [-0.2, -0.15) is 0 Å². The summed E-state index contributed by atoms with van der Waals surface area (Å²) in [5, 5.41) is 12.0. The molecule has 120 valence electrons. The number of nitrogens with one attached hydrogen (secondary N) is 2. The average Bonchev–Trinajstić information content (AvgIpc) is 3.19. The minimum Gasteiger partial charge on any atom is -0.358 e. The number of hydrogen-bond acceptors (Lipinski definition) is 3. The smallest absolute Gasteiger partial charge is 0.0722 e. The van der Waals surface area contributed by atoms with Crippen molar-refractivity contribution in [1.29, 1.82) is 0 Å². The highest BCUT2D eigenvalue weighted by atomic mass is 15.3. The molecule has 4 rings (SSSR count). The minimum atomic E-state index is 0.567. The van der Waals surface area contributed by atoms with Crippen molar-refractivity contribution in [3.05, 3.63) is 46.9 Å². The summed E-state index contributed by atoms with van der Waals surface area (Å²) in [6, 6.07) is 6.86. The molecule has 0 atom stereocenters. The predicted octanol–water partition coefficient (Wildman–Crippen LogP) is 3.01. The Morgan fingerprint density at radius 3 is 3.00 bits per heavy atom. The molecule has 5 heteroatoms. The second-order valence-corrected chi connectivity index (χ2v) is 6.80. The molecule has 1 aromatic carbocycles. The maximum atomic E-state index is 3.85. The van der Waals surface area contributed by atoms with Gasteiger partial charge >= 0.3 is 0 Å². The van der Waals surface area contributed by atoms with Gasteiger partial charge in [0.05, 0.1) is 11.9 Å². The first-order chi connectivity index (χ1) is 11.2. The molecule has 1 aliphatic rings. The molecule has 5 nitrogen and oxygen atoms in total. The lowest BCUT2D eigenvalue weighted by molar-refractivity contribution is 0.257. The molecule has 0 fully saturated rings. The molecule has 3 heterocycles. The Balaban J connectivity index is 1.57. The fraction of sp³-hybridized carbons (Fsp3) is 0.444. The molecule has 0 unspecified atom stereocenters. The van der Waals surface area contributed by atoms with Crippen LogP contribution in [-0.2, 0) is 19.4 Å². The van der Waals surface area contributed by atoms with Crippen LogP contribution in [0.1, 0.15) is 42.3 Å². The van der Waals surface area contributed by atoms with E-state index < -0.39 is 0 Å². The Kier molecular flexibility index (Phi) is 3.65. The summed E-state index contributed by atoms with van der Waals surface area (Å²) in [5.41, 5.74) is 6.70. The standard InChI is InChI=1S/C18H23N5/c1-12(2)13-3-4-17-15(9-13)16-11-23(8-6-18(16)20-17)7-5-14-10-19-22-21-14/h3-4,9-10,12,20H,5-8,11H2,1-2H3,(H,19,21,22). The zero-order valence-corrected chi connectivity index (χ0v) is 13.8. The van der Waals surface area contributed by atoms with Gasteiger partial charge in [-0.15, -0.1) is 5.10 Å². The van der Waals surface area contributed by atoms with E-state index in [0.29, 0.717) is 5.92 Å². The van der Waals surface area contributed by atoms with Crippen molar-refractivity contribution in [3.8, 4) is 0 Å². The molecule has 23 heavy (non-hydrogen) atoms. The van der Waals surface area contributed by atoms with E-state index in [1.54, 1.807) is 0 Å². The zero-order valence-electron chi connectivity index (χ0n) is 13.8. The fourth-order valence-electron chi connectivity index (χ4n) is 3.46. The molecule has 0 aliphatic carbocycles. The molecule has 2 aromatic heterocycles. The quantitative estimate of drug-likeness (QED) is 0.779. The lowest BCUT2D eigenvalue weighted by Crippen LogP contribution is -2.32. The number of aromatic amines is 2. The van der Waals surface area contributed by atoms with Crippen LogP contribution in [0, 0.1) is 0 Å². The molecule has 0 saturated carbocycles. The van der Waals surface area contributed by atoms with Crippen molar-refractivity contribution in [2.24, 2.45) is 0 Å². The summed E-state index contributed by atoms with van der Waals surface area (Å²) in [4.78, 5) is 6.15. The lowest BCUT2D eigenvalue weighted by atomic mass is 9.98. The molecule has 0 saturated heterocycles. The van der Waals surface area contributed by atoms with E-state index in [-0.39, 0.29) is 0 Å². The van der Waals surface area contributed by atoms with Crippen molar-refractivity contribution >= 4 is 10.9 Å². The van der Waals surface area contributed by atoms with Crippen LogP contribution in [0.25, 0.3) is 10.9 Å². The van der Waals surface area contributed by atoms with Crippen molar-refractivity contribution in [2.45, 2.75) is 39.2 Å². The summed E-state index contributed by atoms with van der Waals surface area (Å²) >= 11 is 0. The van der Waals surface area contributed by atoms with E-state index in [4.69, 9.17) is 0 Å². The number of aromatic nitrogens is 4. The number of benzene rings is 1. The van der Waals surface area contributed by atoms with Crippen LogP contribution in [0.15, 0.2) is 24.4 Å². The van der Waals surface area contributed by atoms with Gasteiger partial charge < -0.3 is 4.98 Å². The van der Waals surface area contributed by atoms with Crippen LogP contribution in [0.4, 0.5) is 0 Å². The summed E-state index contributed by atoms with van der Waals surface area (Å²) in [6.07, 6.45) is 3.89. The summed E-state index contributed by atoms with van der Waals surface area (Å²) in [5.74, 6) is 0.567. The van der Waals surface area contributed by atoms with Gasteiger partial charge in [-0.05, 0) is 29.2 Å².